The second kappa shape index (κ2) is 4.30. The fraction of sp³-hybridized carbons (Fsp3) is 0.833. The minimum absolute atomic E-state index is 0.151. The number of rotatable bonds is 2. The summed E-state index contributed by atoms with van der Waals surface area (Å²) in [4.78, 5) is 0. The van der Waals surface area contributed by atoms with Crippen molar-refractivity contribution < 1.29 is 8.42 Å². The molecule has 0 spiro atoms. The molecule has 0 amide bonds. The van der Waals surface area contributed by atoms with E-state index in [1.54, 1.807) is 7.05 Å². The molecule has 0 radical (unpaired) electrons. The highest BCUT2D eigenvalue weighted by atomic mass is 32.2. The molecule has 0 aliphatic carbocycles. The van der Waals surface area contributed by atoms with Crippen molar-refractivity contribution >= 4 is 16.0 Å². The maximum atomic E-state index is 10.7. The van der Waals surface area contributed by atoms with Crippen LogP contribution >= 0.6 is 0 Å². The van der Waals surface area contributed by atoms with Gasteiger partial charge in [0.05, 0.1) is 6.26 Å². The molecule has 0 unspecified atom stereocenters. The average Bonchev–Trinajstić information content (AvgIpc) is 1.82. The molecule has 0 atom stereocenters. The van der Waals surface area contributed by atoms with Crippen LogP contribution in [0, 0.1) is 0 Å². The SMILES string of the molecule is CN/C(=N\S(C)(=O)=O)NC(C)C. The fourth-order valence-corrected chi connectivity index (χ4v) is 1.06. The van der Waals surface area contributed by atoms with Gasteiger partial charge in [0, 0.05) is 13.1 Å². The lowest BCUT2D eigenvalue weighted by atomic mass is 10.4. The Morgan fingerprint density at radius 3 is 2.17 bits per heavy atom. The first-order chi connectivity index (χ1) is 5.35. The van der Waals surface area contributed by atoms with E-state index in [-0.39, 0.29) is 12.0 Å². The standard InChI is InChI=1S/C6H15N3O2S/c1-5(2)8-6(7-3)9-12(4,10)11/h5H,1-4H3,(H2,7,8,9). The van der Waals surface area contributed by atoms with Crippen LogP contribution in [0.25, 0.3) is 0 Å². The van der Waals surface area contributed by atoms with Gasteiger partial charge in [-0.05, 0) is 13.8 Å². The molecule has 0 aromatic carbocycles. The van der Waals surface area contributed by atoms with E-state index in [4.69, 9.17) is 0 Å². The smallest absolute Gasteiger partial charge is 0.253 e. The Kier molecular flexibility index (Phi) is 4.02. The van der Waals surface area contributed by atoms with Crippen molar-refractivity contribution in [2.75, 3.05) is 13.3 Å². The summed E-state index contributed by atoms with van der Waals surface area (Å²) in [6, 6.07) is 0.151. The van der Waals surface area contributed by atoms with Crippen molar-refractivity contribution in [2.24, 2.45) is 4.40 Å². The van der Waals surface area contributed by atoms with Gasteiger partial charge in [-0.15, -0.1) is 4.40 Å². The molecular weight excluding hydrogens is 178 g/mol. The van der Waals surface area contributed by atoms with Gasteiger partial charge in [0.15, 0.2) is 0 Å². The molecule has 2 N–H and O–H groups in total. The van der Waals surface area contributed by atoms with Crippen molar-refractivity contribution in [3.8, 4) is 0 Å². The topological polar surface area (TPSA) is 70.6 Å². The lowest BCUT2D eigenvalue weighted by Gasteiger charge is -2.10. The van der Waals surface area contributed by atoms with E-state index in [1.165, 1.54) is 0 Å². The molecule has 12 heavy (non-hydrogen) atoms. The number of hydrogen-bond acceptors (Lipinski definition) is 2. The zero-order valence-electron chi connectivity index (χ0n) is 7.75. The third kappa shape index (κ3) is 5.96. The zero-order valence-corrected chi connectivity index (χ0v) is 8.57. The predicted molar refractivity (Wildman–Crippen MR) is 49.6 cm³/mol. The third-order valence-corrected chi connectivity index (χ3v) is 1.43. The van der Waals surface area contributed by atoms with Crippen LogP contribution in [0.5, 0.6) is 0 Å². The molecule has 0 heterocycles. The number of nitrogens with one attached hydrogen (secondary N) is 2. The lowest BCUT2D eigenvalue weighted by Crippen LogP contribution is -2.39. The van der Waals surface area contributed by atoms with E-state index in [0.29, 0.717) is 0 Å². The summed E-state index contributed by atoms with van der Waals surface area (Å²) in [6.45, 7) is 3.80. The van der Waals surface area contributed by atoms with Gasteiger partial charge in [-0.2, -0.15) is 0 Å². The predicted octanol–water partition coefficient (Wildman–Crippen LogP) is -0.481. The second-order valence-electron chi connectivity index (χ2n) is 2.72. The van der Waals surface area contributed by atoms with Crippen LogP contribution in [0.2, 0.25) is 0 Å². The Morgan fingerprint density at radius 2 is 1.92 bits per heavy atom. The van der Waals surface area contributed by atoms with E-state index in [2.05, 4.69) is 15.0 Å². The molecule has 0 aliphatic heterocycles. The highest BCUT2D eigenvalue weighted by molar-refractivity contribution is 7.89. The lowest BCUT2D eigenvalue weighted by molar-refractivity contribution is 0.602. The largest absolute Gasteiger partial charge is 0.359 e. The molecule has 0 rings (SSSR count). The summed E-state index contributed by atoms with van der Waals surface area (Å²) in [5, 5.41) is 5.50. The maximum absolute atomic E-state index is 10.7. The summed E-state index contributed by atoms with van der Waals surface area (Å²) in [5.41, 5.74) is 0. The Bertz CT molecular complexity index is 256. The molecule has 0 bridgehead atoms. The van der Waals surface area contributed by atoms with Crippen molar-refractivity contribution in [1.82, 2.24) is 10.6 Å². The first-order valence-corrected chi connectivity index (χ1v) is 5.44. The highest BCUT2D eigenvalue weighted by Crippen LogP contribution is 1.85. The van der Waals surface area contributed by atoms with Crippen LogP contribution < -0.4 is 10.6 Å². The van der Waals surface area contributed by atoms with Gasteiger partial charge in [-0.3, -0.25) is 0 Å². The summed E-state index contributed by atoms with van der Waals surface area (Å²) < 4.78 is 24.9. The zero-order chi connectivity index (χ0) is 9.78. The highest BCUT2D eigenvalue weighted by Gasteiger charge is 2.02. The second-order valence-corrected chi connectivity index (χ2v) is 4.37. The molecule has 0 aliphatic rings. The maximum Gasteiger partial charge on any atom is 0.253 e. The van der Waals surface area contributed by atoms with E-state index >= 15 is 0 Å². The minimum atomic E-state index is -3.32. The Labute approximate surface area is 73.3 Å². The van der Waals surface area contributed by atoms with Crippen molar-refractivity contribution in [3.05, 3.63) is 0 Å². The Balaban J connectivity index is 4.45. The molecular formula is C6H15N3O2S. The van der Waals surface area contributed by atoms with Gasteiger partial charge in [0.1, 0.15) is 0 Å². The van der Waals surface area contributed by atoms with Gasteiger partial charge in [-0.25, -0.2) is 8.42 Å². The van der Waals surface area contributed by atoms with Crippen LogP contribution in [-0.4, -0.2) is 33.7 Å². The van der Waals surface area contributed by atoms with E-state index < -0.39 is 10.0 Å². The van der Waals surface area contributed by atoms with E-state index in [1.807, 2.05) is 13.8 Å². The van der Waals surface area contributed by atoms with Gasteiger partial charge in [-0.1, -0.05) is 0 Å². The van der Waals surface area contributed by atoms with Crippen LogP contribution in [0.1, 0.15) is 13.8 Å². The first-order valence-electron chi connectivity index (χ1n) is 3.59. The molecule has 5 nitrogen and oxygen atoms in total. The average molecular weight is 193 g/mol. The van der Waals surface area contributed by atoms with Crippen molar-refractivity contribution in [1.29, 1.82) is 0 Å². The monoisotopic (exact) mass is 193 g/mol. The number of hydrogen-bond donors (Lipinski definition) is 2. The van der Waals surface area contributed by atoms with Crippen LogP contribution in [0.4, 0.5) is 0 Å². The molecule has 0 fully saturated rings. The molecule has 6 heteroatoms. The first kappa shape index (κ1) is 11.2. The minimum Gasteiger partial charge on any atom is -0.359 e. The van der Waals surface area contributed by atoms with Gasteiger partial charge in [0.25, 0.3) is 10.0 Å². The third-order valence-electron chi connectivity index (χ3n) is 0.919. The van der Waals surface area contributed by atoms with Gasteiger partial charge in [0.2, 0.25) is 5.96 Å². The molecule has 0 saturated heterocycles. The number of guanidine groups is 1. The van der Waals surface area contributed by atoms with E-state index in [9.17, 15) is 8.42 Å². The van der Waals surface area contributed by atoms with Crippen LogP contribution in [-0.2, 0) is 10.0 Å². The van der Waals surface area contributed by atoms with Crippen molar-refractivity contribution in [3.63, 3.8) is 0 Å². The van der Waals surface area contributed by atoms with Crippen LogP contribution in [0.15, 0.2) is 4.40 Å². The number of nitrogens with zero attached hydrogens (tertiary/aromatic N) is 1. The fourth-order valence-electron chi connectivity index (χ4n) is 0.583. The van der Waals surface area contributed by atoms with E-state index in [0.717, 1.165) is 6.26 Å². The molecule has 72 valence electrons. The molecule has 0 saturated carbocycles. The number of sulfonamides is 1. The summed E-state index contributed by atoms with van der Waals surface area (Å²) in [5.74, 6) is 0.271. The van der Waals surface area contributed by atoms with Crippen molar-refractivity contribution in [2.45, 2.75) is 19.9 Å². The van der Waals surface area contributed by atoms with Gasteiger partial charge < -0.3 is 10.6 Å². The summed E-state index contributed by atoms with van der Waals surface area (Å²) >= 11 is 0. The van der Waals surface area contributed by atoms with Crippen LogP contribution in [0.3, 0.4) is 0 Å². The summed E-state index contributed by atoms with van der Waals surface area (Å²) in [7, 11) is -1.71. The summed E-state index contributed by atoms with van der Waals surface area (Å²) in [6.07, 6.45) is 1.05. The normalized spacial score (nSPS) is 13.2. The molecule has 0 aromatic heterocycles. The van der Waals surface area contributed by atoms with Gasteiger partial charge >= 0.3 is 0 Å². The Morgan fingerprint density at radius 1 is 1.42 bits per heavy atom. The quantitative estimate of drug-likeness (QED) is 0.459. The Hall–Kier alpha value is -0.780. The molecule has 0 aromatic rings.